The first-order valence-electron chi connectivity index (χ1n) is 6.01. The molecule has 1 aliphatic carbocycles. The molecule has 0 heterocycles. The van der Waals surface area contributed by atoms with Crippen LogP contribution in [-0.2, 0) is 10.0 Å². The SMILES string of the molecule is CC(C)CCN(C1CC1)S(=O)(=O)C(C)CO. The first-order valence-corrected chi connectivity index (χ1v) is 7.51. The molecule has 1 saturated carbocycles. The average Bonchev–Trinajstić information content (AvgIpc) is 3.00. The molecule has 0 aromatic rings. The molecule has 0 saturated heterocycles. The average molecular weight is 249 g/mol. The summed E-state index contributed by atoms with van der Waals surface area (Å²) in [5.74, 6) is 0.501. The Morgan fingerprint density at radius 2 is 1.88 bits per heavy atom. The number of nitrogens with zero attached hydrogens (tertiary/aromatic N) is 1. The molecular formula is C11H23NO3S. The van der Waals surface area contributed by atoms with Crippen molar-refractivity contribution >= 4 is 10.0 Å². The van der Waals surface area contributed by atoms with E-state index < -0.39 is 15.3 Å². The smallest absolute Gasteiger partial charge is 0.219 e. The Hall–Kier alpha value is -0.130. The number of hydrogen-bond donors (Lipinski definition) is 1. The molecule has 0 aromatic carbocycles. The highest BCUT2D eigenvalue weighted by Gasteiger charge is 2.39. The first kappa shape index (κ1) is 13.9. The monoisotopic (exact) mass is 249 g/mol. The lowest BCUT2D eigenvalue weighted by atomic mass is 10.1. The van der Waals surface area contributed by atoms with Crippen LogP contribution in [0.3, 0.4) is 0 Å². The minimum Gasteiger partial charge on any atom is -0.395 e. The summed E-state index contributed by atoms with van der Waals surface area (Å²) in [6.07, 6.45) is 2.82. The molecule has 1 N–H and O–H groups in total. The van der Waals surface area contributed by atoms with Gasteiger partial charge in [-0.25, -0.2) is 8.42 Å². The van der Waals surface area contributed by atoms with Gasteiger partial charge in [0.2, 0.25) is 10.0 Å². The van der Waals surface area contributed by atoms with E-state index in [1.807, 2.05) is 0 Å². The predicted octanol–water partition coefficient (Wildman–Crippen LogP) is 1.21. The van der Waals surface area contributed by atoms with Gasteiger partial charge in [-0.3, -0.25) is 0 Å². The second-order valence-electron chi connectivity index (χ2n) is 5.06. The third-order valence-corrected chi connectivity index (χ3v) is 5.27. The maximum Gasteiger partial charge on any atom is 0.219 e. The van der Waals surface area contributed by atoms with E-state index in [9.17, 15) is 8.42 Å². The summed E-state index contributed by atoms with van der Waals surface area (Å²) in [6.45, 7) is 6.04. The fraction of sp³-hybridized carbons (Fsp3) is 1.00. The number of rotatable bonds is 7. The van der Waals surface area contributed by atoms with Crippen LogP contribution < -0.4 is 0 Å². The molecule has 0 spiro atoms. The van der Waals surface area contributed by atoms with Crippen molar-refractivity contribution in [2.24, 2.45) is 5.92 Å². The van der Waals surface area contributed by atoms with E-state index in [4.69, 9.17) is 5.11 Å². The van der Waals surface area contributed by atoms with Crippen molar-refractivity contribution in [1.29, 1.82) is 0 Å². The lowest BCUT2D eigenvalue weighted by Crippen LogP contribution is -2.41. The number of hydrogen-bond acceptors (Lipinski definition) is 3. The number of sulfonamides is 1. The topological polar surface area (TPSA) is 57.6 Å². The Kier molecular flexibility index (Phi) is 4.76. The van der Waals surface area contributed by atoms with Gasteiger partial charge in [-0.1, -0.05) is 13.8 Å². The van der Waals surface area contributed by atoms with Crippen LogP contribution >= 0.6 is 0 Å². The van der Waals surface area contributed by atoms with E-state index in [2.05, 4.69) is 13.8 Å². The van der Waals surface area contributed by atoms with Crippen LogP contribution in [0.5, 0.6) is 0 Å². The molecule has 0 bridgehead atoms. The Balaban J connectivity index is 2.69. The zero-order chi connectivity index (χ0) is 12.3. The second kappa shape index (κ2) is 5.47. The maximum absolute atomic E-state index is 12.1. The van der Waals surface area contributed by atoms with Crippen LogP contribution in [0, 0.1) is 5.92 Å². The van der Waals surface area contributed by atoms with E-state index in [-0.39, 0.29) is 12.6 Å². The Morgan fingerprint density at radius 1 is 1.31 bits per heavy atom. The van der Waals surface area contributed by atoms with Gasteiger partial charge in [0, 0.05) is 12.6 Å². The molecule has 96 valence electrons. The van der Waals surface area contributed by atoms with Gasteiger partial charge in [0.1, 0.15) is 0 Å². The molecule has 1 unspecified atom stereocenters. The summed E-state index contributed by atoms with van der Waals surface area (Å²) >= 11 is 0. The van der Waals surface area contributed by atoms with Crippen LogP contribution in [0.25, 0.3) is 0 Å². The fourth-order valence-electron chi connectivity index (χ4n) is 1.59. The van der Waals surface area contributed by atoms with Gasteiger partial charge in [-0.05, 0) is 32.1 Å². The summed E-state index contributed by atoms with van der Waals surface area (Å²) in [5, 5.41) is 8.31. The molecule has 1 rings (SSSR count). The lowest BCUT2D eigenvalue weighted by molar-refractivity contribution is 0.286. The molecule has 0 aromatic heterocycles. The van der Waals surface area contributed by atoms with E-state index >= 15 is 0 Å². The molecule has 5 heteroatoms. The Morgan fingerprint density at radius 3 is 2.25 bits per heavy atom. The molecular weight excluding hydrogens is 226 g/mol. The van der Waals surface area contributed by atoms with Crippen molar-refractivity contribution in [3.8, 4) is 0 Å². The van der Waals surface area contributed by atoms with Crippen molar-refractivity contribution < 1.29 is 13.5 Å². The molecule has 0 aliphatic heterocycles. The van der Waals surface area contributed by atoms with Gasteiger partial charge in [-0.15, -0.1) is 0 Å². The van der Waals surface area contributed by atoms with Crippen molar-refractivity contribution in [2.75, 3.05) is 13.2 Å². The maximum atomic E-state index is 12.1. The molecule has 0 radical (unpaired) electrons. The van der Waals surface area contributed by atoms with Gasteiger partial charge in [0.15, 0.2) is 0 Å². The highest BCUT2D eigenvalue weighted by molar-refractivity contribution is 7.89. The summed E-state index contributed by atoms with van der Waals surface area (Å²) in [4.78, 5) is 0. The van der Waals surface area contributed by atoms with Crippen LogP contribution in [-0.4, -0.2) is 42.3 Å². The van der Waals surface area contributed by atoms with Gasteiger partial charge >= 0.3 is 0 Å². The Bertz CT molecular complexity index is 309. The lowest BCUT2D eigenvalue weighted by Gasteiger charge is -2.25. The first-order chi connectivity index (χ1) is 7.39. The van der Waals surface area contributed by atoms with Gasteiger partial charge in [0.05, 0.1) is 11.9 Å². The van der Waals surface area contributed by atoms with Crippen LogP contribution in [0.2, 0.25) is 0 Å². The largest absolute Gasteiger partial charge is 0.395 e. The Labute approximate surface area is 98.7 Å². The van der Waals surface area contributed by atoms with Gasteiger partial charge < -0.3 is 5.11 Å². The van der Waals surface area contributed by atoms with Gasteiger partial charge in [0.25, 0.3) is 0 Å². The molecule has 1 fully saturated rings. The summed E-state index contributed by atoms with van der Waals surface area (Å²) in [5.41, 5.74) is 0. The fourth-order valence-corrected chi connectivity index (χ4v) is 3.23. The highest BCUT2D eigenvalue weighted by Crippen LogP contribution is 2.31. The molecule has 0 amide bonds. The standard InChI is InChI=1S/C11H23NO3S/c1-9(2)6-7-12(11-4-5-11)16(14,15)10(3)8-13/h9-11,13H,4-8H2,1-3H3. The summed E-state index contributed by atoms with van der Waals surface area (Å²) in [7, 11) is -3.30. The van der Waals surface area contributed by atoms with Crippen molar-refractivity contribution in [2.45, 2.75) is 51.3 Å². The van der Waals surface area contributed by atoms with Gasteiger partial charge in [-0.2, -0.15) is 4.31 Å². The molecule has 1 aliphatic rings. The normalized spacial score (nSPS) is 19.4. The third-order valence-electron chi connectivity index (χ3n) is 2.97. The molecule has 4 nitrogen and oxygen atoms in total. The number of aliphatic hydroxyl groups is 1. The minimum absolute atomic E-state index is 0.192. The summed E-state index contributed by atoms with van der Waals surface area (Å²) < 4.78 is 25.8. The molecule has 1 atom stereocenters. The quantitative estimate of drug-likeness (QED) is 0.738. The summed E-state index contributed by atoms with van der Waals surface area (Å²) in [6, 6.07) is 0.192. The van der Waals surface area contributed by atoms with Crippen LogP contribution in [0.15, 0.2) is 0 Å². The van der Waals surface area contributed by atoms with Crippen LogP contribution in [0.4, 0.5) is 0 Å². The zero-order valence-corrected chi connectivity index (χ0v) is 11.2. The zero-order valence-electron chi connectivity index (χ0n) is 10.4. The predicted molar refractivity (Wildman–Crippen MR) is 64.7 cm³/mol. The van der Waals surface area contributed by atoms with Crippen molar-refractivity contribution in [1.82, 2.24) is 4.31 Å². The second-order valence-corrected chi connectivity index (χ2v) is 7.37. The third kappa shape index (κ3) is 3.43. The van der Waals surface area contributed by atoms with Crippen molar-refractivity contribution in [3.63, 3.8) is 0 Å². The van der Waals surface area contributed by atoms with Crippen LogP contribution in [0.1, 0.15) is 40.0 Å². The van der Waals surface area contributed by atoms with E-state index in [0.717, 1.165) is 19.3 Å². The van der Waals surface area contributed by atoms with E-state index in [1.165, 1.54) is 0 Å². The number of aliphatic hydroxyl groups excluding tert-OH is 1. The van der Waals surface area contributed by atoms with Crippen molar-refractivity contribution in [3.05, 3.63) is 0 Å². The highest BCUT2D eigenvalue weighted by atomic mass is 32.2. The minimum atomic E-state index is -3.30. The van der Waals surface area contributed by atoms with E-state index in [0.29, 0.717) is 12.5 Å². The molecule has 16 heavy (non-hydrogen) atoms. The van der Waals surface area contributed by atoms with E-state index in [1.54, 1.807) is 11.2 Å².